The first kappa shape index (κ1) is 14.5. The Balaban J connectivity index is 2.08. The van der Waals surface area contributed by atoms with Crippen LogP contribution < -0.4 is 5.32 Å². The maximum absolute atomic E-state index is 9.35. The number of para-hydroxylation sites is 1. The predicted octanol–water partition coefficient (Wildman–Crippen LogP) is 2.31. The summed E-state index contributed by atoms with van der Waals surface area (Å²) >= 11 is 0. The van der Waals surface area contributed by atoms with E-state index in [-0.39, 0.29) is 12.6 Å². The Bertz CT molecular complexity index is 779. The lowest BCUT2D eigenvalue weighted by molar-refractivity contribution is 0.271. The summed E-state index contributed by atoms with van der Waals surface area (Å²) in [6.07, 6.45) is 4.09. The molecular formula is C16H19N5O. The molecule has 6 nitrogen and oxygen atoms in total. The van der Waals surface area contributed by atoms with Crippen molar-refractivity contribution in [1.82, 2.24) is 19.7 Å². The van der Waals surface area contributed by atoms with Crippen molar-refractivity contribution in [3.8, 4) is 5.69 Å². The van der Waals surface area contributed by atoms with E-state index < -0.39 is 0 Å². The zero-order valence-corrected chi connectivity index (χ0v) is 12.7. The van der Waals surface area contributed by atoms with Gasteiger partial charge in [0.15, 0.2) is 5.65 Å². The number of nitrogens with one attached hydrogen (secondary N) is 1. The second kappa shape index (κ2) is 6.11. The smallest absolute Gasteiger partial charge is 0.168 e. The molecule has 2 aromatic heterocycles. The van der Waals surface area contributed by atoms with E-state index in [0.717, 1.165) is 28.7 Å². The number of hydrogen-bond donors (Lipinski definition) is 2. The number of nitrogens with zero attached hydrogens (tertiary/aromatic N) is 4. The summed E-state index contributed by atoms with van der Waals surface area (Å²) in [6.45, 7) is 4.12. The SMILES string of the molecule is CC[C@@H](CO)Nc1ncnc2c1cnn2-c1ccccc1C. The monoisotopic (exact) mass is 297 g/mol. The van der Waals surface area contributed by atoms with Crippen LogP contribution in [0.2, 0.25) is 0 Å². The largest absolute Gasteiger partial charge is 0.394 e. The van der Waals surface area contributed by atoms with Crippen molar-refractivity contribution in [3.63, 3.8) is 0 Å². The van der Waals surface area contributed by atoms with Crippen molar-refractivity contribution in [2.45, 2.75) is 26.3 Å². The second-order valence-corrected chi connectivity index (χ2v) is 5.23. The number of aryl methyl sites for hydroxylation is 1. The van der Waals surface area contributed by atoms with Gasteiger partial charge >= 0.3 is 0 Å². The number of benzene rings is 1. The summed E-state index contributed by atoms with van der Waals surface area (Å²) in [5.74, 6) is 0.700. The molecule has 1 atom stereocenters. The normalized spacial score (nSPS) is 12.5. The van der Waals surface area contributed by atoms with E-state index in [1.54, 1.807) is 6.20 Å². The molecule has 6 heteroatoms. The van der Waals surface area contributed by atoms with Crippen molar-refractivity contribution >= 4 is 16.9 Å². The van der Waals surface area contributed by atoms with Gasteiger partial charge in [-0.05, 0) is 25.0 Å². The molecular weight excluding hydrogens is 278 g/mol. The number of hydrogen-bond acceptors (Lipinski definition) is 5. The van der Waals surface area contributed by atoms with Gasteiger partial charge < -0.3 is 10.4 Å². The van der Waals surface area contributed by atoms with Crippen molar-refractivity contribution in [2.24, 2.45) is 0 Å². The molecule has 0 aliphatic carbocycles. The Morgan fingerprint density at radius 1 is 1.27 bits per heavy atom. The molecule has 0 bridgehead atoms. The van der Waals surface area contributed by atoms with Crippen molar-refractivity contribution in [1.29, 1.82) is 0 Å². The fourth-order valence-electron chi connectivity index (χ4n) is 2.41. The lowest BCUT2D eigenvalue weighted by Crippen LogP contribution is -2.23. The third-order valence-electron chi connectivity index (χ3n) is 3.76. The summed E-state index contributed by atoms with van der Waals surface area (Å²) in [5.41, 5.74) is 2.87. The summed E-state index contributed by atoms with van der Waals surface area (Å²) in [6, 6.07) is 8.01. The van der Waals surface area contributed by atoms with E-state index in [4.69, 9.17) is 0 Å². The summed E-state index contributed by atoms with van der Waals surface area (Å²) in [5, 5.41) is 17.9. The molecule has 0 spiro atoms. The van der Waals surface area contributed by atoms with E-state index in [9.17, 15) is 5.11 Å². The molecule has 0 radical (unpaired) electrons. The van der Waals surface area contributed by atoms with Gasteiger partial charge in [0.25, 0.3) is 0 Å². The van der Waals surface area contributed by atoms with Gasteiger partial charge in [0.1, 0.15) is 12.1 Å². The third kappa shape index (κ3) is 2.53. The molecule has 0 aliphatic rings. The minimum Gasteiger partial charge on any atom is -0.394 e. The highest BCUT2D eigenvalue weighted by Gasteiger charge is 2.14. The first-order chi connectivity index (χ1) is 10.7. The average Bonchev–Trinajstić information content (AvgIpc) is 2.97. The highest BCUT2D eigenvalue weighted by molar-refractivity contribution is 5.87. The average molecular weight is 297 g/mol. The van der Waals surface area contributed by atoms with E-state index in [0.29, 0.717) is 5.82 Å². The number of rotatable bonds is 5. The Morgan fingerprint density at radius 2 is 2.09 bits per heavy atom. The van der Waals surface area contributed by atoms with Crippen LogP contribution in [0, 0.1) is 6.92 Å². The minimum absolute atomic E-state index is 0.0279. The van der Waals surface area contributed by atoms with E-state index in [1.165, 1.54) is 6.33 Å². The van der Waals surface area contributed by atoms with Gasteiger partial charge in [0.05, 0.1) is 29.9 Å². The van der Waals surface area contributed by atoms with Crippen LogP contribution in [0.5, 0.6) is 0 Å². The number of aromatic nitrogens is 4. The molecule has 2 N–H and O–H groups in total. The highest BCUT2D eigenvalue weighted by atomic mass is 16.3. The molecule has 1 aromatic carbocycles. The maximum Gasteiger partial charge on any atom is 0.168 e. The zero-order valence-electron chi connectivity index (χ0n) is 12.7. The second-order valence-electron chi connectivity index (χ2n) is 5.23. The van der Waals surface area contributed by atoms with Crippen molar-refractivity contribution < 1.29 is 5.11 Å². The predicted molar refractivity (Wildman–Crippen MR) is 86.2 cm³/mol. The molecule has 2 heterocycles. The van der Waals surface area contributed by atoms with Crippen LogP contribution in [0.1, 0.15) is 18.9 Å². The van der Waals surface area contributed by atoms with Gasteiger partial charge in [-0.2, -0.15) is 5.10 Å². The van der Waals surface area contributed by atoms with Gasteiger partial charge in [-0.15, -0.1) is 0 Å². The van der Waals surface area contributed by atoms with Gasteiger partial charge in [-0.3, -0.25) is 0 Å². The first-order valence-corrected chi connectivity index (χ1v) is 7.36. The Morgan fingerprint density at radius 3 is 2.82 bits per heavy atom. The number of aliphatic hydroxyl groups is 1. The van der Waals surface area contributed by atoms with E-state index in [2.05, 4.69) is 20.4 Å². The van der Waals surface area contributed by atoms with Crippen LogP contribution in [0.3, 0.4) is 0 Å². The maximum atomic E-state index is 9.35. The Kier molecular flexibility index (Phi) is 4.02. The molecule has 3 rings (SSSR count). The zero-order chi connectivity index (χ0) is 15.5. The number of aliphatic hydroxyl groups excluding tert-OH is 1. The fourth-order valence-corrected chi connectivity index (χ4v) is 2.41. The van der Waals surface area contributed by atoms with Crippen LogP contribution in [-0.4, -0.2) is 37.5 Å². The fraction of sp³-hybridized carbons (Fsp3) is 0.312. The van der Waals surface area contributed by atoms with Crippen LogP contribution >= 0.6 is 0 Å². The molecule has 0 aliphatic heterocycles. The van der Waals surface area contributed by atoms with Crippen LogP contribution in [0.15, 0.2) is 36.8 Å². The molecule has 0 saturated heterocycles. The number of anilines is 1. The highest BCUT2D eigenvalue weighted by Crippen LogP contribution is 2.23. The van der Waals surface area contributed by atoms with Crippen molar-refractivity contribution in [3.05, 3.63) is 42.4 Å². The summed E-state index contributed by atoms with van der Waals surface area (Å²) in [7, 11) is 0. The lowest BCUT2D eigenvalue weighted by Gasteiger charge is -2.14. The quantitative estimate of drug-likeness (QED) is 0.756. The van der Waals surface area contributed by atoms with Gasteiger partial charge in [-0.1, -0.05) is 25.1 Å². The Hall–Kier alpha value is -2.47. The number of fused-ring (bicyclic) bond motifs is 1. The topological polar surface area (TPSA) is 75.9 Å². The molecule has 0 amide bonds. The minimum atomic E-state index is -0.0279. The van der Waals surface area contributed by atoms with Crippen molar-refractivity contribution in [2.75, 3.05) is 11.9 Å². The summed E-state index contributed by atoms with van der Waals surface area (Å²) < 4.78 is 1.82. The molecule has 0 fully saturated rings. The lowest BCUT2D eigenvalue weighted by atomic mass is 10.2. The first-order valence-electron chi connectivity index (χ1n) is 7.36. The van der Waals surface area contributed by atoms with E-state index >= 15 is 0 Å². The molecule has 0 unspecified atom stereocenters. The molecule has 22 heavy (non-hydrogen) atoms. The standard InChI is InChI=1S/C16H19N5O/c1-3-12(9-22)20-15-13-8-19-21(16(13)18-10-17-15)14-7-5-4-6-11(14)2/h4-8,10,12,22H,3,9H2,1-2H3,(H,17,18,20)/t12-/m0/s1. The van der Waals surface area contributed by atoms with Crippen LogP contribution in [0.25, 0.3) is 16.7 Å². The van der Waals surface area contributed by atoms with Gasteiger partial charge in [-0.25, -0.2) is 14.6 Å². The Labute approximate surface area is 128 Å². The molecule has 0 saturated carbocycles. The van der Waals surface area contributed by atoms with Gasteiger partial charge in [0.2, 0.25) is 0 Å². The molecule has 114 valence electrons. The van der Waals surface area contributed by atoms with Crippen LogP contribution in [0.4, 0.5) is 5.82 Å². The van der Waals surface area contributed by atoms with E-state index in [1.807, 2.05) is 42.8 Å². The van der Waals surface area contributed by atoms with Gasteiger partial charge in [0, 0.05) is 0 Å². The third-order valence-corrected chi connectivity index (χ3v) is 3.76. The summed E-state index contributed by atoms with van der Waals surface area (Å²) in [4.78, 5) is 8.65. The molecule has 3 aromatic rings. The van der Waals surface area contributed by atoms with Crippen LogP contribution in [-0.2, 0) is 0 Å².